The third-order valence-electron chi connectivity index (χ3n) is 5.07. The second kappa shape index (κ2) is 10.9. The van der Waals surface area contributed by atoms with Crippen LogP contribution >= 0.6 is 0 Å². The molecule has 2 atom stereocenters. The Kier molecular flexibility index (Phi) is 8.74. The maximum Gasteiger partial charge on any atom is 2.00 e. The van der Waals surface area contributed by atoms with Crippen molar-refractivity contribution in [1.29, 1.82) is 0 Å². The first-order chi connectivity index (χ1) is 14.7. The van der Waals surface area contributed by atoms with E-state index in [4.69, 9.17) is 5.73 Å². The minimum atomic E-state index is -4.31. The Morgan fingerprint density at radius 1 is 0.969 bits per heavy atom. The van der Waals surface area contributed by atoms with E-state index in [-0.39, 0.29) is 34.1 Å². The number of aliphatic hydroxyl groups excluding tert-OH is 1. The van der Waals surface area contributed by atoms with Crippen molar-refractivity contribution in [2.75, 3.05) is 11.4 Å². The van der Waals surface area contributed by atoms with Crippen molar-refractivity contribution in [2.45, 2.75) is 32.4 Å². The molecule has 1 saturated heterocycles. The SMILES string of the molecule is Cc1cc([NH-])ccc1C(F)(F)F.Cc1ccc(N2C(O)[N-]CC2c2ccccc2)cc1.[Co+2]. The number of nitrogens with zero attached hydrogens (tertiary/aromatic N) is 2. The second-order valence-corrected chi connectivity index (χ2v) is 7.41. The van der Waals surface area contributed by atoms with Gasteiger partial charge in [-0.15, -0.1) is 12.2 Å². The van der Waals surface area contributed by atoms with Crippen LogP contribution in [0.1, 0.15) is 28.3 Å². The van der Waals surface area contributed by atoms with Crippen LogP contribution in [0.2, 0.25) is 0 Å². The minimum absolute atomic E-state index is 0. The van der Waals surface area contributed by atoms with Crippen LogP contribution in [0.5, 0.6) is 0 Å². The minimum Gasteiger partial charge on any atom is -0.699 e. The van der Waals surface area contributed by atoms with E-state index in [2.05, 4.69) is 36.5 Å². The van der Waals surface area contributed by atoms with Gasteiger partial charge in [-0.2, -0.15) is 13.2 Å². The molecule has 0 amide bonds. The molecule has 8 heteroatoms. The summed E-state index contributed by atoms with van der Waals surface area (Å²) in [6.45, 7) is 4.03. The van der Waals surface area contributed by atoms with Gasteiger partial charge in [-0.25, -0.2) is 0 Å². The molecule has 1 heterocycles. The van der Waals surface area contributed by atoms with Gasteiger partial charge in [-0.3, -0.25) is 0 Å². The van der Waals surface area contributed by atoms with Crippen LogP contribution in [0.15, 0.2) is 72.8 Å². The van der Waals surface area contributed by atoms with Crippen molar-refractivity contribution in [3.8, 4) is 0 Å². The molecule has 0 saturated carbocycles. The Hall–Kier alpha value is -2.52. The van der Waals surface area contributed by atoms with Crippen LogP contribution in [-0.2, 0) is 23.0 Å². The van der Waals surface area contributed by atoms with Crippen LogP contribution in [0, 0.1) is 13.8 Å². The Morgan fingerprint density at radius 3 is 2.16 bits per heavy atom. The van der Waals surface area contributed by atoms with Crippen LogP contribution in [0.3, 0.4) is 0 Å². The molecule has 1 fully saturated rings. The van der Waals surface area contributed by atoms with Crippen LogP contribution in [0.25, 0.3) is 11.1 Å². The average Bonchev–Trinajstić information content (AvgIpc) is 3.10. The molecule has 1 aliphatic rings. The van der Waals surface area contributed by atoms with Gasteiger partial charge in [0.15, 0.2) is 0 Å². The summed E-state index contributed by atoms with van der Waals surface area (Å²) in [6.07, 6.45) is -5.06. The third kappa shape index (κ3) is 6.26. The summed E-state index contributed by atoms with van der Waals surface area (Å²) in [5.74, 6) is 0. The number of aliphatic hydroxyl groups is 1. The molecule has 3 aromatic rings. The quantitative estimate of drug-likeness (QED) is 0.428. The zero-order valence-electron chi connectivity index (χ0n) is 17.6. The zero-order chi connectivity index (χ0) is 22.6. The average molecular weight is 486 g/mol. The number of anilines is 1. The van der Waals surface area contributed by atoms with Gasteiger partial charge in [0, 0.05) is 18.1 Å². The molecule has 171 valence electrons. The summed E-state index contributed by atoms with van der Waals surface area (Å²) in [4.78, 5) is 1.97. The number of aryl methyl sites for hydroxylation is 2. The van der Waals surface area contributed by atoms with Crippen molar-refractivity contribution in [3.63, 3.8) is 0 Å². The first kappa shape index (κ1) is 25.7. The van der Waals surface area contributed by atoms with Crippen molar-refractivity contribution in [3.05, 3.63) is 106 Å². The normalized spacial score (nSPS) is 17.9. The summed E-state index contributed by atoms with van der Waals surface area (Å²) in [7, 11) is 0. The van der Waals surface area contributed by atoms with E-state index in [1.807, 2.05) is 35.2 Å². The number of hydrogen-bond donors (Lipinski definition) is 1. The van der Waals surface area contributed by atoms with Gasteiger partial charge >= 0.3 is 23.0 Å². The maximum absolute atomic E-state index is 12.1. The summed E-state index contributed by atoms with van der Waals surface area (Å²) < 4.78 is 36.4. The first-order valence-electron chi connectivity index (χ1n) is 9.81. The number of nitrogens with one attached hydrogen (secondary N) is 1. The van der Waals surface area contributed by atoms with Gasteiger partial charge in [0.05, 0.1) is 5.56 Å². The summed E-state index contributed by atoms with van der Waals surface area (Å²) >= 11 is 0. The van der Waals surface area contributed by atoms with Crippen LogP contribution in [-0.4, -0.2) is 18.0 Å². The van der Waals surface area contributed by atoms with Crippen LogP contribution < -0.4 is 4.90 Å². The summed E-state index contributed by atoms with van der Waals surface area (Å²) in [6, 6.07) is 21.8. The monoisotopic (exact) mass is 486 g/mol. The van der Waals surface area contributed by atoms with E-state index in [0.29, 0.717) is 6.54 Å². The van der Waals surface area contributed by atoms with Gasteiger partial charge in [0.2, 0.25) is 0 Å². The van der Waals surface area contributed by atoms with Crippen molar-refractivity contribution < 1.29 is 35.1 Å². The molecule has 4 rings (SSSR count). The number of hydrogen-bond acceptors (Lipinski definition) is 2. The Bertz CT molecular complexity index is 998. The van der Waals surface area contributed by atoms with Crippen molar-refractivity contribution in [1.82, 2.24) is 0 Å². The zero-order valence-corrected chi connectivity index (χ0v) is 18.6. The maximum atomic E-state index is 12.1. The van der Waals surface area contributed by atoms with E-state index in [1.54, 1.807) is 0 Å². The molecule has 32 heavy (non-hydrogen) atoms. The molecule has 2 unspecified atom stereocenters. The molecule has 0 spiro atoms. The van der Waals surface area contributed by atoms with Crippen molar-refractivity contribution in [2.24, 2.45) is 0 Å². The first-order valence-corrected chi connectivity index (χ1v) is 9.81. The van der Waals surface area contributed by atoms with E-state index in [9.17, 15) is 18.3 Å². The Balaban J connectivity index is 0.000000244. The molecule has 3 aromatic carbocycles. The molecule has 1 aliphatic heterocycles. The van der Waals surface area contributed by atoms with E-state index in [1.165, 1.54) is 24.1 Å². The van der Waals surface area contributed by atoms with Gasteiger partial charge < -0.3 is 21.1 Å². The predicted octanol–water partition coefficient (Wildman–Crippen LogP) is 6.90. The number of benzene rings is 3. The molecule has 4 nitrogen and oxygen atoms in total. The summed E-state index contributed by atoms with van der Waals surface area (Å²) in [5.41, 5.74) is 10.00. The van der Waals surface area contributed by atoms with Gasteiger partial charge in [0.25, 0.3) is 0 Å². The molecule has 0 aromatic heterocycles. The van der Waals surface area contributed by atoms with Gasteiger partial charge in [0.1, 0.15) is 0 Å². The molecule has 0 bridgehead atoms. The molecule has 1 radical (unpaired) electrons. The largest absolute Gasteiger partial charge is 2.00 e. The Morgan fingerprint density at radius 2 is 1.59 bits per heavy atom. The topological polar surface area (TPSA) is 61.4 Å². The summed E-state index contributed by atoms with van der Waals surface area (Å²) in [5, 5.41) is 14.4. The van der Waals surface area contributed by atoms with E-state index in [0.717, 1.165) is 17.8 Å². The van der Waals surface area contributed by atoms with E-state index < -0.39 is 18.1 Å². The molecule has 2 N–H and O–H groups in total. The van der Waals surface area contributed by atoms with E-state index >= 15 is 0 Å². The van der Waals surface area contributed by atoms with Crippen LogP contribution in [0.4, 0.5) is 24.5 Å². The fraction of sp³-hybridized carbons (Fsp3) is 0.250. The molecular weight excluding hydrogens is 462 g/mol. The standard InChI is InChI=1S/C16H17N2O.C8H7F3N.Co/c1-12-7-9-14(10-8-12)18-15(11-17-16(18)19)13-5-3-2-4-6-13;1-5-4-6(12)2-3-7(5)8(9,10)11;/h2-10,15-16,19H,11H2,1H3;2-4,12H,1H3;/q2*-1;+2. The fourth-order valence-electron chi connectivity index (χ4n) is 3.48. The second-order valence-electron chi connectivity index (χ2n) is 7.41. The molecular formula is C24H24CoF3N3O. The van der Waals surface area contributed by atoms with Gasteiger partial charge in [-0.05, 0) is 37.1 Å². The third-order valence-corrected chi connectivity index (χ3v) is 5.07. The van der Waals surface area contributed by atoms with Crippen molar-refractivity contribution >= 4 is 11.4 Å². The Labute approximate surface area is 196 Å². The number of halogens is 3. The fourth-order valence-corrected chi connectivity index (χ4v) is 3.48. The number of alkyl halides is 3. The number of rotatable bonds is 2. The predicted molar refractivity (Wildman–Crippen MR) is 117 cm³/mol. The van der Waals surface area contributed by atoms with Gasteiger partial charge in [-0.1, -0.05) is 66.2 Å². The molecule has 0 aliphatic carbocycles. The smallest absolute Gasteiger partial charge is 0.699 e.